The Labute approximate surface area is 233 Å². The Bertz CT molecular complexity index is 1710. The topological polar surface area (TPSA) is 184 Å². The monoisotopic (exact) mass is 566 g/mol. The fourth-order valence-electron chi connectivity index (χ4n) is 5.31. The van der Waals surface area contributed by atoms with Crippen molar-refractivity contribution in [3.63, 3.8) is 0 Å². The minimum absolute atomic E-state index is 0.0255. The van der Waals surface area contributed by atoms with E-state index in [2.05, 4.69) is 4.98 Å². The average molecular weight is 567 g/mol. The van der Waals surface area contributed by atoms with Gasteiger partial charge >= 0.3 is 11.7 Å². The Morgan fingerprint density at radius 1 is 1.15 bits per heavy atom. The molecule has 3 heterocycles. The largest absolute Gasteiger partial charge is 0.507 e. The second-order valence-electron chi connectivity index (χ2n) is 10.4. The predicted molar refractivity (Wildman–Crippen MR) is 146 cm³/mol. The summed E-state index contributed by atoms with van der Waals surface area (Å²) >= 11 is 0. The number of aromatic nitrogens is 1. The number of benzene rings is 2. The molecule has 4 aromatic rings. The van der Waals surface area contributed by atoms with E-state index in [0.717, 1.165) is 5.52 Å². The number of H-pyrrole nitrogens is 1. The predicted octanol–water partition coefficient (Wildman–Crippen LogP) is 3.07. The Balaban J connectivity index is 1.45. The van der Waals surface area contributed by atoms with E-state index >= 15 is 0 Å². The number of carbonyl (C=O) groups excluding carboxylic acids is 2. The number of carbonyl (C=O) groups is 2. The zero-order valence-electron chi connectivity index (χ0n) is 22.8. The van der Waals surface area contributed by atoms with Crippen molar-refractivity contribution in [2.24, 2.45) is 5.73 Å². The molecule has 41 heavy (non-hydrogen) atoms. The highest BCUT2D eigenvalue weighted by molar-refractivity contribution is 6.09. The van der Waals surface area contributed by atoms with Crippen molar-refractivity contribution in [3.05, 3.63) is 69.7 Å². The lowest BCUT2D eigenvalue weighted by atomic mass is 9.89. The van der Waals surface area contributed by atoms with Gasteiger partial charge in [0.2, 0.25) is 6.29 Å². The molecule has 1 fully saturated rings. The molecule has 12 heteroatoms. The minimum atomic E-state index is -1.49. The molecule has 5 N–H and O–H groups in total. The zero-order chi connectivity index (χ0) is 29.6. The number of ketones is 1. The van der Waals surface area contributed by atoms with Crippen molar-refractivity contribution in [1.29, 1.82) is 0 Å². The van der Waals surface area contributed by atoms with Crippen molar-refractivity contribution >= 4 is 33.7 Å². The average Bonchev–Trinajstić information content (AvgIpc) is 3.35. The van der Waals surface area contributed by atoms with Crippen LogP contribution in [0.15, 0.2) is 51.8 Å². The summed E-state index contributed by atoms with van der Waals surface area (Å²) in [7, 11) is 1.38. The van der Waals surface area contributed by atoms with Gasteiger partial charge in [0.05, 0.1) is 16.6 Å². The molecule has 0 saturated carbocycles. The van der Waals surface area contributed by atoms with Gasteiger partial charge in [-0.15, -0.1) is 0 Å². The number of hydrogen-bond acceptors (Lipinski definition) is 10. The van der Waals surface area contributed by atoms with Crippen LogP contribution in [0.25, 0.3) is 21.9 Å². The molecule has 0 radical (unpaired) electrons. The Morgan fingerprint density at radius 3 is 2.59 bits per heavy atom. The molecule has 1 aliphatic rings. The Kier molecular flexibility index (Phi) is 7.24. The highest BCUT2D eigenvalue weighted by atomic mass is 16.7. The number of nitrogens with one attached hydrogen (secondary N) is 1. The summed E-state index contributed by atoms with van der Waals surface area (Å²) in [6, 6.07) is 10.2. The van der Waals surface area contributed by atoms with Gasteiger partial charge in [0.15, 0.2) is 18.0 Å². The number of Topliss-reactive ketones (excluding diaryl/α,β-unsaturated/α-hetero) is 1. The van der Waals surface area contributed by atoms with Gasteiger partial charge in [0.25, 0.3) is 0 Å². The number of methoxy groups -OCH3 is 1. The molecule has 12 nitrogen and oxygen atoms in total. The number of amides is 1. The van der Waals surface area contributed by atoms with Crippen LogP contribution in [0.1, 0.15) is 35.3 Å². The molecule has 1 amide bonds. The van der Waals surface area contributed by atoms with Gasteiger partial charge in [0.1, 0.15) is 23.2 Å². The zero-order valence-corrected chi connectivity index (χ0v) is 22.8. The summed E-state index contributed by atoms with van der Waals surface area (Å²) in [5.41, 5.74) is 4.59. The number of rotatable bonds is 7. The number of primary amides is 1. The Morgan fingerprint density at radius 2 is 1.88 bits per heavy atom. The SMILES string of the molecule is CO[C@@H]1[C@@H](OC(N)=O)[C@@H](O)[C@H](Oc2ccc3c(O)c(CC(=O)c4c[nH]c5ccccc45)c(=O)oc3c2C)OC1(C)C. The van der Waals surface area contributed by atoms with Crippen LogP contribution in [0, 0.1) is 6.92 Å². The fraction of sp³-hybridized carbons (Fsp3) is 0.345. The van der Waals surface area contributed by atoms with Gasteiger partial charge in [0, 0.05) is 41.8 Å². The quantitative estimate of drug-likeness (QED) is 0.191. The smallest absolute Gasteiger partial charge is 0.404 e. The third-order valence-electron chi connectivity index (χ3n) is 7.33. The molecule has 0 unspecified atom stereocenters. The lowest BCUT2D eigenvalue weighted by Gasteiger charge is -2.47. The molecular formula is C29H30N2O10. The lowest BCUT2D eigenvalue weighted by Crippen LogP contribution is -2.65. The summed E-state index contributed by atoms with van der Waals surface area (Å²) in [6.07, 6.45) is -4.79. The van der Waals surface area contributed by atoms with Crippen molar-refractivity contribution in [3.8, 4) is 11.5 Å². The first kappa shape index (κ1) is 28.1. The molecule has 2 aromatic carbocycles. The first-order valence-electron chi connectivity index (χ1n) is 12.8. The van der Waals surface area contributed by atoms with Crippen molar-refractivity contribution in [2.75, 3.05) is 7.11 Å². The first-order valence-corrected chi connectivity index (χ1v) is 12.8. The molecule has 0 aliphatic carbocycles. The number of aliphatic hydroxyl groups is 1. The van der Waals surface area contributed by atoms with Crippen LogP contribution in [-0.4, -0.2) is 64.4 Å². The second kappa shape index (κ2) is 10.5. The van der Waals surface area contributed by atoms with Crippen LogP contribution in [0.2, 0.25) is 0 Å². The number of nitrogens with two attached hydrogens (primary N) is 1. The summed E-state index contributed by atoms with van der Waals surface area (Å²) in [4.78, 5) is 40.6. The van der Waals surface area contributed by atoms with E-state index < -0.39 is 41.9 Å². The van der Waals surface area contributed by atoms with Gasteiger partial charge in [-0.2, -0.15) is 0 Å². The molecular weight excluding hydrogens is 536 g/mol. The molecule has 2 aromatic heterocycles. The van der Waals surface area contributed by atoms with Crippen molar-refractivity contribution in [1.82, 2.24) is 4.98 Å². The van der Waals surface area contributed by atoms with Crippen LogP contribution in [0.5, 0.6) is 11.5 Å². The van der Waals surface area contributed by atoms with Crippen LogP contribution in [-0.2, 0) is 20.6 Å². The van der Waals surface area contributed by atoms with Gasteiger partial charge < -0.3 is 44.3 Å². The number of aryl methyl sites for hydroxylation is 1. The maximum Gasteiger partial charge on any atom is 0.404 e. The van der Waals surface area contributed by atoms with Gasteiger partial charge in [-0.3, -0.25) is 4.79 Å². The van der Waals surface area contributed by atoms with Crippen molar-refractivity contribution in [2.45, 2.75) is 57.4 Å². The molecule has 1 aliphatic heterocycles. The summed E-state index contributed by atoms with van der Waals surface area (Å²) in [5, 5.41) is 22.8. The first-order chi connectivity index (χ1) is 19.4. The second-order valence-corrected chi connectivity index (χ2v) is 10.4. The summed E-state index contributed by atoms with van der Waals surface area (Å²) in [6.45, 7) is 4.93. The van der Waals surface area contributed by atoms with E-state index in [1.54, 1.807) is 39.1 Å². The molecule has 216 valence electrons. The maximum absolute atomic E-state index is 13.1. The van der Waals surface area contributed by atoms with E-state index in [1.807, 2.05) is 12.1 Å². The number of hydrogen-bond donors (Lipinski definition) is 4. The van der Waals surface area contributed by atoms with Crippen LogP contribution < -0.4 is 16.1 Å². The highest BCUT2D eigenvalue weighted by Crippen LogP contribution is 2.38. The van der Waals surface area contributed by atoms with Gasteiger partial charge in [-0.1, -0.05) is 18.2 Å². The van der Waals surface area contributed by atoms with E-state index in [0.29, 0.717) is 16.5 Å². The summed E-state index contributed by atoms with van der Waals surface area (Å²) < 4.78 is 28.0. The third-order valence-corrected chi connectivity index (χ3v) is 7.33. The summed E-state index contributed by atoms with van der Waals surface area (Å²) in [5.74, 6) is -0.586. The number of ether oxygens (including phenoxy) is 4. The standard InChI is InChI=1S/C29H30N2O10/c1-13-20(38-27-22(34)24(40-28(30)36)25(37-4)29(2,3)41-27)10-9-15-21(33)16(26(35)39-23(13)15)11-19(32)17-12-31-18-8-6-5-7-14(17)18/h5-10,12,22,24-25,27,31,33-34H,11H2,1-4H3,(H2,30,36)/t22-,24+,25-,27-/m1/s1. The molecule has 0 bridgehead atoms. The molecule has 4 atom stereocenters. The van der Waals surface area contributed by atoms with Crippen LogP contribution >= 0.6 is 0 Å². The number of fused-ring (bicyclic) bond motifs is 2. The van der Waals surface area contributed by atoms with E-state index in [1.165, 1.54) is 19.2 Å². The number of para-hydroxylation sites is 1. The molecule has 5 rings (SSSR count). The number of aromatic hydroxyl groups is 1. The normalized spacial score (nSPS) is 22.1. The highest BCUT2D eigenvalue weighted by Gasteiger charge is 2.53. The van der Waals surface area contributed by atoms with Gasteiger partial charge in [-0.25, -0.2) is 9.59 Å². The van der Waals surface area contributed by atoms with E-state index in [9.17, 15) is 24.6 Å². The van der Waals surface area contributed by atoms with Crippen molar-refractivity contribution < 1.29 is 43.2 Å². The third kappa shape index (κ3) is 5.01. The van der Waals surface area contributed by atoms with Gasteiger partial charge in [-0.05, 0) is 39.0 Å². The Hall–Kier alpha value is -4.39. The van der Waals surface area contributed by atoms with Crippen LogP contribution in [0.4, 0.5) is 4.79 Å². The molecule has 1 saturated heterocycles. The van der Waals surface area contributed by atoms with E-state index in [4.69, 9.17) is 29.1 Å². The number of aliphatic hydroxyl groups excluding tert-OH is 1. The number of aromatic amines is 1. The van der Waals surface area contributed by atoms with E-state index in [-0.39, 0.29) is 40.2 Å². The fourth-order valence-corrected chi connectivity index (χ4v) is 5.31. The minimum Gasteiger partial charge on any atom is -0.507 e. The molecule has 0 spiro atoms. The van der Waals surface area contributed by atoms with Crippen LogP contribution in [0.3, 0.4) is 0 Å². The maximum atomic E-state index is 13.1. The lowest BCUT2D eigenvalue weighted by molar-refractivity contribution is -0.304.